The van der Waals surface area contributed by atoms with Crippen molar-refractivity contribution < 1.29 is 9.59 Å². The van der Waals surface area contributed by atoms with Gasteiger partial charge in [0.15, 0.2) is 0 Å². The number of para-hydroxylation sites is 1. The van der Waals surface area contributed by atoms with Gasteiger partial charge in [-0.15, -0.1) is 0 Å². The highest BCUT2D eigenvalue weighted by atomic mass is 16.2. The fraction of sp³-hybridized carbons (Fsp3) is 0.500. The van der Waals surface area contributed by atoms with Crippen molar-refractivity contribution in [2.24, 2.45) is 5.92 Å². The number of nitrogens with zero attached hydrogens (tertiary/aromatic N) is 1. The molecule has 1 aromatic carbocycles. The molecule has 0 aromatic heterocycles. The van der Waals surface area contributed by atoms with Crippen molar-refractivity contribution in [3.63, 3.8) is 0 Å². The summed E-state index contributed by atoms with van der Waals surface area (Å²) in [4.78, 5) is 26.4. The van der Waals surface area contributed by atoms with E-state index in [0.717, 1.165) is 31.6 Å². The zero-order valence-corrected chi connectivity index (χ0v) is 12.0. The van der Waals surface area contributed by atoms with Gasteiger partial charge in [-0.2, -0.15) is 0 Å². The van der Waals surface area contributed by atoms with Crippen LogP contribution in [0.3, 0.4) is 0 Å². The van der Waals surface area contributed by atoms with Gasteiger partial charge in [-0.25, -0.2) is 0 Å². The molecule has 0 aliphatic carbocycles. The Bertz CT molecular complexity index is 512. The molecule has 0 bridgehead atoms. The van der Waals surface area contributed by atoms with E-state index >= 15 is 0 Å². The van der Waals surface area contributed by atoms with E-state index in [-0.39, 0.29) is 23.8 Å². The molecule has 2 fully saturated rings. The van der Waals surface area contributed by atoms with Gasteiger partial charge in [0.1, 0.15) is 6.04 Å². The summed E-state index contributed by atoms with van der Waals surface area (Å²) in [5.74, 6) is 0.00565. The Labute approximate surface area is 124 Å². The fourth-order valence-corrected chi connectivity index (χ4v) is 3.04. The van der Waals surface area contributed by atoms with Crippen LogP contribution in [0.2, 0.25) is 0 Å². The van der Waals surface area contributed by atoms with Gasteiger partial charge in [-0.05, 0) is 37.9 Å². The minimum atomic E-state index is -0.375. The molecule has 21 heavy (non-hydrogen) atoms. The Kier molecular flexibility index (Phi) is 4.20. The SMILES string of the molecule is O=C(NC1CCN(c2ccccc2)C1=O)C1CCCNC1. The Hall–Kier alpha value is -1.88. The molecule has 2 N–H and O–H groups in total. The van der Waals surface area contributed by atoms with Gasteiger partial charge in [0, 0.05) is 18.8 Å². The third kappa shape index (κ3) is 3.08. The molecule has 2 aliphatic heterocycles. The van der Waals surface area contributed by atoms with E-state index in [1.165, 1.54) is 0 Å². The van der Waals surface area contributed by atoms with Crippen LogP contribution in [0.5, 0.6) is 0 Å². The fourth-order valence-electron chi connectivity index (χ4n) is 3.04. The molecule has 2 atom stereocenters. The smallest absolute Gasteiger partial charge is 0.249 e. The van der Waals surface area contributed by atoms with E-state index in [2.05, 4.69) is 10.6 Å². The molecule has 3 rings (SSSR count). The molecule has 2 unspecified atom stereocenters. The number of amides is 2. The van der Waals surface area contributed by atoms with Crippen LogP contribution in [0.1, 0.15) is 19.3 Å². The summed E-state index contributed by atoms with van der Waals surface area (Å²) in [5.41, 5.74) is 0.901. The van der Waals surface area contributed by atoms with Crippen LogP contribution in [0.25, 0.3) is 0 Å². The van der Waals surface area contributed by atoms with E-state index in [1.807, 2.05) is 30.3 Å². The molecular formula is C16H21N3O2. The summed E-state index contributed by atoms with van der Waals surface area (Å²) < 4.78 is 0. The lowest BCUT2D eigenvalue weighted by molar-refractivity contribution is -0.129. The van der Waals surface area contributed by atoms with Gasteiger partial charge in [0.2, 0.25) is 11.8 Å². The molecule has 0 radical (unpaired) electrons. The molecule has 2 saturated heterocycles. The predicted octanol–water partition coefficient (Wildman–Crippen LogP) is 0.908. The molecule has 0 spiro atoms. The van der Waals surface area contributed by atoms with Crippen LogP contribution in [0.4, 0.5) is 5.69 Å². The van der Waals surface area contributed by atoms with E-state index in [1.54, 1.807) is 4.90 Å². The van der Waals surface area contributed by atoms with Crippen LogP contribution in [-0.4, -0.2) is 37.5 Å². The zero-order valence-electron chi connectivity index (χ0n) is 12.0. The molecule has 112 valence electrons. The Balaban J connectivity index is 1.60. The number of piperidine rings is 1. The zero-order chi connectivity index (χ0) is 14.7. The molecule has 2 aliphatic rings. The molecule has 0 saturated carbocycles. The van der Waals surface area contributed by atoms with Crippen molar-refractivity contribution >= 4 is 17.5 Å². The number of carbonyl (C=O) groups excluding carboxylic acids is 2. The van der Waals surface area contributed by atoms with Gasteiger partial charge in [0.25, 0.3) is 0 Å². The highest BCUT2D eigenvalue weighted by Gasteiger charge is 2.34. The summed E-state index contributed by atoms with van der Waals surface area (Å²) >= 11 is 0. The minimum absolute atomic E-state index is 0.00156. The lowest BCUT2D eigenvalue weighted by atomic mass is 9.98. The number of nitrogens with one attached hydrogen (secondary N) is 2. The van der Waals surface area contributed by atoms with Crippen molar-refractivity contribution in [3.05, 3.63) is 30.3 Å². The maximum Gasteiger partial charge on any atom is 0.249 e. The first-order chi connectivity index (χ1) is 10.3. The highest BCUT2D eigenvalue weighted by molar-refractivity contribution is 6.01. The molecular weight excluding hydrogens is 266 g/mol. The van der Waals surface area contributed by atoms with Crippen LogP contribution >= 0.6 is 0 Å². The third-order valence-electron chi connectivity index (χ3n) is 4.26. The van der Waals surface area contributed by atoms with Gasteiger partial charge in [-0.3, -0.25) is 9.59 Å². The van der Waals surface area contributed by atoms with Crippen molar-refractivity contribution in [2.45, 2.75) is 25.3 Å². The molecule has 2 amide bonds. The van der Waals surface area contributed by atoms with E-state index in [0.29, 0.717) is 13.0 Å². The lowest BCUT2D eigenvalue weighted by Crippen LogP contribution is -2.47. The molecule has 1 aromatic rings. The maximum absolute atomic E-state index is 12.4. The monoisotopic (exact) mass is 287 g/mol. The van der Waals surface area contributed by atoms with Crippen molar-refractivity contribution in [3.8, 4) is 0 Å². The number of rotatable bonds is 3. The predicted molar refractivity (Wildman–Crippen MR) is 80.9 cm³/mol. The molecule has 5 heteroatoms. The Morgan fingerprint density at radius 2 is 2.05 bits per heavy atom. The first kappa shape index (κ1) is 14.1. The standard InChI is InChI=1S/C16H21N3O2/c20-15(12-5-4-9-17-11-12)18-14-8-10-19(16(14)21)13-6-2-1-3-7-13/h1-3,6-7,12,14,17H,4-5,8-11H2,(H,18,20). The van der Waals surface area contributed by atoms with Crippen molar-refractivity contribution in [2.75, 3.05) is 24.5 Å². The first-order valence-corrected chi connectivity index (χ1v) is 7.63. The molecule has 2 heterocycles. The van der Waals surface area contributed by atoms with Crippen LogP contribution in [0, 0.1) is 5.92 Å². The van der Waals surface area contributed by atoms with Gasteiger partial charge < -0.3 is 15.5 Å². The second-order valence-corrected chi connectivity index (χ2v) is 5.72. The van der Waals surface area contributed by atoms with E-state index < -0.39 is 0 Å². The van der Waals surface area contributed by atoms with Crippen molar-refractivity contribution in [1.82, 2.24) is 10.6 Å². The summed E-state index contributed by atoms with van der Waals surface area (Å²) in [6, 6.07) is 9.24. The number of hydrogen-bond acceptors (Lipinski definition) is 3. The average Bonchev–Trinajstić information content (AvgIpc) is 2.90. The highest BCUT2D eigenvalue weighted by Crippen LogP contribution is 2.21. The largest absolute Gasteiger partial charge is 0.344 e. The number of anilines is 1. The van der Waals surface area contributed by atoms with Crippen LogP contribution in [0.15, 0.2) is 30.3 Å². The third-order valence-corrected chi connectivity index (χ3v) is 4.26. The summed E-state index contributed by atoms with van der Waals surface area (Å²) in [5, 5.41) is 6.16. The van der Waals surface area contributed by atoms with E-state index in [9.17, 15) is 9.59 Å². The van der Waals surface area contributed by atoms with Crippen LogP contribution in [-0.2, 0) is 9.59 Å². The number of benzene rings is 1. The van der Waals surface area contributed by atoms with E-state index in [4.69, 9.17) is 0 Å². The van der Waals surface area contributed by atoms with Gasteiger partial charge in [-0.1, -0.05) is 18.2 Å². The second kappa shape index (κ2) is 6.26. The van der Waals surface area contributed by atoms with Gasteiger partial charge >= 0.3 is 0 Å². The van der Waals surface area contributed by atoms with Crippen molar-refractivity contribution in [1.29, 1.82) is 0 Å². The second-order valence-electron chi connectivity index (χ2n) is 5.72. The maximum atomic E-state index is 12.4. The quantitative estimate of drug-likeness (QED) is 0.868. The number of carbonyl (C=O) groups is 2. The first-order valence-electron chi connectivity index (χ1n) is 7.63. The Morgan fingerprint density at radius 3 is 2.76 bits per heavy atom. The number of hydrogen-bond donors (Lipinski definition) is 2. The average molecular weight is 287 g/mol. The summed E-state index contributed by atoms with van der Waals surface area (Å²) in [6.07, 6.45) is 2.61. The minimum Gasteiger partial charge on any atom is -0.344 e. The Morgan fingerprint density at radius 1 is 1.24 bits per heavy atom. The summed E-state index contributed by atoms with van der Waals surface area (Å²) in [7, 11) is 0. The van der Waals surface area contributed by atoms with Crippen LogP contribution < -0.4 is 15.5 Å². The topological polar surface area (TPSA) is 61.4 Å². The summed E-state index contributed by atoms with van der Waals surface area (Å²) in [6.45, 7) is 2.36. The lowest BCUT2D eigenvalue weighted by Gasteiger charge is -2.23. The molecule has 5 nitrogen and oxygen atoms in total. The van der Waals surface area contributed by atoms with Gasteiger partial charge in [0.05, 0.1) is 5.92 Å². The normalized spacial score (nSPS) is 25.9.